The smallest absolute Gasteiger partial charge is 0.416 e. The molecule has 18 heteroatoms. The molecule has 0 amide bonds. The van der Waals surface area contributed by atoms with Crippen LogP contribution in [0.15, 0.2) is 199 Å². The lowest BCUT2D eigenvalue weighted by molar-refractivity contribution is -0.583. The summed E-state index contributed by atoms with van der Waals surface area (Å²) in [4.78, 5) is 11.6. The molecule has 8 aromatic carbocycles. The number of rotatable bonds is 12. The summed E-state index contributed by atoms with van der Waals surface area (Å²) in [6, 6.07) is 48.6. The summed E-state index contributed by atoms with van der Waals surface area (Å²) in [5, 5.41) is 0. The molecule has 0 aliphatic carbocycles. The average molecular weight is 1350 g/mol. The van der Waals surface area contributed by atoms with Gasteiger partial charge in [-0.05, 0) is 130 Å². The van der Waals surface area contributed by atoms with Gasteiger partial charge in [0.25, 0.3) is 5.96 Å². The van der Waals surface area contributed by atoms with Crippen molar-refractivity contribution in [1.29, 1.82) is 0 Å². The Morgan fingerprint density at radius 1 is 0.312 bits per heavy atom. The Labute approximate surface area is 561 Å². The molecule has 1 fully saturated rings. The summed E-state index contributed by atoms with van der Waals surface area (Å²) in [5.74, 6) is 0.0861. The van der Waals surface area contributed by atoms with Crippen molar-refractivity contribution < 1.29 is 69.7 Å². The Morgan fingerprint density at radius 2 is 0.562 bits per heavy atom. The van der Waals surface area contributed by atoms with Crippen LogP contribution < -0.4 is 12.4 Å². The second-order valence-corrected chi connectivity index (χ2v) is 29.3. The first-order valence-electron chi connectivity index (χ1n) is 31.7. The summed E-state index contributed by atoms with van der Waals surface area (Å²) in [7, 11) is 0. The second kappa shape index (κ2) is 26.8. The summed E-state index contributed by atoms with van der Waals surface area (Å²) >= 11 is 0. The molecule has 8 aromatic rings. The minimum absolute atomic E-state index is 0. The standard InChI is InChI=1S/C78H80F12N5.ClH/c1-71(2,3)57-33-49(34-58(41-57)72(4,5)6)45-92-65(53-25-17-13-18-26-53)67(55-29-21-15-22-30-55)94(47-51-37-61(75(79,80)81)43-62(38-51)76(82,83)84)69(92)91-70-93(46-50-35-59(73(7,8)9)42-60(36-50)74(10,11)12)66(54-27-19-14-20-28-54)68(56-31-23-16-24-32-56)95(70)48-52-39-63(77(85,86)87)44-64(40-52)78(88,89)90;/h13-44,65-68H,45-48H2,1-12H3;1H/q+1;/p-1/t65-,66-,67-,68-;/m0./s1. The van der Waals surface area contributed by atoms with Crippen LogP contribution in [0.5, 0.6) is 0 Å². The molecule has 0 saturated carbocycles. The Balaban J connectivity index is 0.0000108. The highest BCUT2D eigenvalue weighted by atomic mass is 35.5. The molecule has 0 aromatic heterocycles. The molecule has 0 spiro atoms. The predicted molar refractivity (Wildman–Crippen MR) is 350 cm³/mol. The number of alkyl halides is 12. The first-order chi connectivity index (χ1) is 44.1. The number of hydrogen-bond donors (Lipinski definition) is 0. The second-order valence-electron chi connectivity index (χ2n) is 29.3. The zero-order valence-electron chi connectivity index (χ0n) is 55.8. The first kappa shape index (κ1) is 72.2. The van der Waals surface area contributed by atoms with Crippen LogP contribution in [0.1, 0.15) is 196 Å². The molecule has 0 radical (unpaired) electrons. The summed E-state index contributed by atoms with van der Waals surface area (Å²) in [6.07, 6.45) is -20.9. The Kier molecular flexibility index (Phi) is 20.1. The molecule has 10 rings (SSSR count). The third-order valence-electron chi connectivity index (χ3n) is 17.9. The number of guanidine groups is 2. The molecule has 1 saturated heterocycles. The fourth-order valence-corrected chi connectivity index (χ4v) is 12.9. The third-order valence-corrected chi connectivity index (χ3v) is 17.9. The van der Waals surface area contributed by atoms with Crippen LogP contribution in [-0.2, 0) is 72.5 Å². The molecule has 2 aliphatic rings. The van der Waals surface area contributed by atoms with Gasteiger partial charge in [-0.15, -0.1) is 0 Å². The van der Waals surface area contributed by atoms with Crippen molar-refractivity contribution in [2.24, 2.45) is 4.99 Å². The highest BCUT2D eigenvalue weighted by Gasteiger charge is 2.54. The molecular formula is C78H80ClF12N5. The maximum absolute atomic E-state index is 15.2. The van der Waals surface area contributed by atoms with Crippen LogP contribution in [0.2, 0.25) is 0 Å². The van der Waals surface area contributed by atoms with Crippen LogP contribution in [0.3, 0.4) is 0 Å². The summed E-state index contributed by atoms with van der Waals surface area (Å²) < 4.78 is 184. The maximum atomic E-state index is 15.2. The fraction of sp³-hybridized carbons (Fsp3) is 0.359. The van der Waals surface area contributed by atoms with Gasteiger partial charge in [0.1, 0.15) is 12.1 Å². The molecule has 96 heavy (non-hydrogen) atoms. The number of halogens is 13. The van der Waals surface area contributed by atoms with E-state index in [0.29, 0.717) is 46.5 Å². The van der Waals surface area contributed by atoms with Crippen LogP contribution >= 0.6 is 0 Å². The lowest BCUT2D eigenvalue weighted by Crippen LogP contribution is -3.00. The molecule has 2 heterocycles. The number of aliphatic imine (C=N–C) groups is 1. The van der Waals surface area contributed by atoms with Gasteiger partial charge in [-0.2, -0.15) is 52.7 Å². The first-order valence-corrected chi connectivity index (χ1v) is 31.7. The van der Waals surface area contributed by atoms with Crippen molar-refractivity contribution >= 4 is 11.9 Å². The zero-order valence-corrected chi connectivity index (χ0v) is 56.5. The van der Waals surface area contributed by atoms with Gasteiger partial charge in [0.15, 0.2) is 0 Å². The average Bonchev–Trinajstić information content (AvgIpc) is 1.57. The van der Waals surface area contributed by atoms with Crippen molar-refractivity contribution in [3.63, 3.8) is 0 Å². The van der Waals surface area contributed by atoms with E-state index in [9.17, 15) is 0 Å². The molecule has 2 aliphatic heterocycles. The Bertz CT molecular complexity index is 3840. The van der Waals surface area contributed by atoms with Crippen molar-refractivity contribution in [1.82, 2.24) is 14.7 Å². The molecule has 0 bridgehead atoms. The van der Waals surface area contributed by atoms with Gasteiger partial charge in [0.2, 0.25) is 0 Å². The van der Waals surface area contributed by atoms with E-state index in [4.69, 9.17) is 4.99 Å². The predicted octanol–water partition coefficient (Wildman–Crippen LogP) is 18.7. The summed E-state index contributed by atoms with van der Waals surface area (Å²) in [6.45, 7) is 23.8. The third kappa shape index (κ3) is 16.2. The van der Waals surface area contributed by atoms with Crippen molar-refractivity contribution in [2.75, 3.05) is 0 Å². The van der Waals surface area contributed by atoms with E-state index >= 15 is 52.7 Å². The normalized spacial score (nSPS) is 18.2. The molecule has 0 unspecified atom stereocenters. The van der Waals surface area contributed by atoms with E-state index in [0.717, 1.165) is 33.4 Å². The van der Waals surface area contributed by atoms with E-state index in [1.54, 1.807) is 45.9 Å². The monoisotopic (exact) mass is 1350 g/mol. The highest BCUT2D eigenvalue weighted by molar-refractivity contribution is 5.95. The minimum Gasteiger partial charge on any atom is -1.00 e. The minimum atomic E-state index is -5.23. The van der Waals surface area contributed by atoms with Crippen molar-refractivity contribution in [3.8, 4) is 0 Å². The Hall–Kier alpha value is -8.05. The van der Waals surface area contributed by atoms with Crippen LogP contribution in [0.25, 0.3) is 0 Å². The van der Waals surface area contributed by atoms with E-state index in [-0.39, 0.29) is 60.7 Å². The number of benzene rings is 8. The number of nitrogens with zero attached hydrogens (tertiary/aromatic N) is 5. The highest BCUT2D eigenvalue weighted by Crippen LogP contribution is 2.51. The van der Waals surface area contributed by atoms with Gasteiger partial charge in [-0.1, -0.05) is 241 Å². The molecule has 508 valence electrons. The Morgan fingerprint density at radius 3 is 0.854 bits per heavy atom. The van der Waals surface area contributed by atoms with Gasteiger partial charge in [0, 0.05) is 13.1 Å². The van der Waals surface area contributed by atoms with E-state index in [1.807, 2.05) is 94.7 Å². The lowest BCUT2D eigenvalue weighted by Gasteiger charge is -2.30. The zero-order chi connectivity index (χ0) is 69.2. The molecule has 4 atom stereocenters. The lowest BCUT2D eigenvalue weighted by atomic mass is 9.79. The van der Waals surface area contributed by atoms with Gasteiger partial charge >= 0.3 is 30.7 Å². The van der Waals surface area contributed by atoms with Crippen LogP contribution in [-0.4, -0.2) is 31.2 Å². The molecular weight excluding hydrogens is 1270 g/mol. The maximum Gasteiger partial charge on any atom is 0.416 e. The van der Waals surface area contributed by atoms with Crippen molar-refractivity contribution in [2.45, 2.75) is 180 Å². The summed E-state index contributed by atoms with van der Waals surface area (Å²) in [5.41, 5.74) is -0.533. The molecule has 0 N–H and O–H groups in total. The van der Waals surface area contributed by atoms with Gasteiger partial charge in [0.05, 0.1) is 47.4 Å². The van der Waals surface area contributed by atoms with E-state index in [2.05, 4.69) is 119 Å². The quantitative estimate of drug-likeness (QED) is 0.0900. The number of hydrogen-bond acceptors (Lipinski definition) is 2. The topological polar surface area (TPSA) is 25.1 Å². The van der Waals surface area contributed by atoms with Gasteiger partial charge in [-0.25, -0.2) is 9.48 Å². The largest absolute Gasteiger partial charge is 1.00 e. The molecule has 5 nitrogen and oxygen atoms in total. The fourth-order valence-electron chi connectivity index (χ4n) is 12.9. The van der Waals surface area contributed by atoms with E-state index < -0.39 is 106 Å². The van der Waals surface area contributed by atoms with Crippen molar-refractivity contribution in [3.05, 3.63) is 283 Å². The van der Waals surface area contributed by atoms with Crippen LogP contribution in [0.4, 0.5) is 52.7 Å². The van der Waals surface area contributed by atoms with Gasteiger partial charge < -0.3 is 22.2 Å². The van der Waals surface area contributed by atoms with Gasteiger partial charge in [-0.3, -0.25) is 0 Å². The SMILES string of the molecule is CC(C)(C)c1cc(CN2C(/N=C3\N(Cc4cc(C(C)(C)C)cc(C(C)(C)C)c4)[C@@H](c4ccccc4)[C@H](c4ccccc4)N3Cc3cc(C(F)(F)F)cc(C(F)(F)F)c3)=[N+](Cc3cc(C(F)(F)F)cc(C(F)(F)F)c3)[C@@H](c3ccccc3)[C@@H]2c2ccccc2)cc(C(C)(C)C)c1.[Cl-]. The van der Waals surface area contributed by atoms with E-state index in [1.165, 1.54) is 0 Å². The van der Waals surface area contributed by atoms with Crippen LogP contribution in [0, 0.1) is 0 Å².